The van der Waals surface area contributed by atoms with Gasteiger partial charge in [0.25, 0.3) is 5.09 Å². The monoisotopic (exact) mass is 915 g/mol. The molecule has 0 amide bonds. The molecule has 2 heterocycles. The normalized spacial score (nSPS) is 12.1. The molecule has 0 bridgehead atoms. The Morgan fingerprint density at radius 1 is 0.705 bits per heavy atom. The fraction of sp³-hybridized carbons (Fsp3) is 0.190. The lowest BCUT2D eigenvalue weighted by molar-refractivity contribution is -0.757. The number of rotatable bonds is 18. The zero-order valence-electron chi connectivity index (χ0n) is 32.1. The van der Waals surface area contributed by atoms with Crippen LogP contribution in [-0.2, 0) is 14.4 Å². The second-order valence-corrected chi connectivity index (χ2v) is 17.3. The number of hydrogen-bond acceptors (Lipinski definition) is 18. The van der Waals surface area contributed by atoms with Gasteiger partial charge < -0.3 is 23.8 Å². The van der Waals surface area contributed by atoms with Crippen molar-refractivity contribution in [2.45, 2.75) is 39.0 Å². The minimum Gasteiger partial charge on any atom is -0.426 e. The first kappa shape index (κ1) is 44.6. The molecule has 0 saturated heterocycles. The molecular weight excluding hydrogens is 883 g/mol. The molecule has 61 heavy (non-hydrogen) atoms. The van der Waals surface area contributed by atoms with Crippen molar-refractivity contribution in [3.63, 3.8) is 0 Å². The van der Waals surface area contributed by atoms with Gasteiger partial charge in [0.15, 0.2) is 0 Å². The van der Waals surface area contributed by atoms with Crippen LogP contribution in [0.4, 0.5) is 11.4 Å². The first-order valence-corrected chi connectivity index (χ1v) is 22.4. The maximum absolute atomic E-state index is 13.4. The number of thiocarbonyl (C=S) groups is 1. The summed E-state index contributed by atoms with van der Waals surface area (Å²) in [6.07, 6.45) is 3.07. The van der Waals surface area contributed by atoms with E-state index in [1.807, 2.05) is 31.2 Å². The van der Waals surface area contributed by atoms with Crippen molar-refractivity contribution in [2.24, 2.45) is 10.2 Å². The minimum atomic E-state index is -0.970. The largest absolute Gasteiger partial charge is 0.426 e. The van der Waals surface area contributed by atoms with E-state index in [1.54, 1.807) is 58.5 Å². The number of nitrogens with zero attached hydrogens (tertiary/aromatic N) is 3. The number of unbranched alkanes of at least 4 members (excludes halogenated alkanes) is 1. The van der Waals surface area contributed by atoms with Crippen LogP contribution in [0.3, 0.4) is 0 Å². The van der Waals surface area contributed by atoms with Crippen LogP contribution in [0.5, 0.6) is 23.0 Å². The molecule has 0 spiro atoms. The molecule has 0 fully saturated rings. The maximum atomic E-state index is 13.4. The van der Waals surface area contributed by atoms with Gasteiger partial charge >= 0.3 is 23.9 Å². The van der Waals surface area contributed by atoms with E-state index in [0.717, 1.165) is 41.8 Å². The van der Waals surface area contributed by atoms with E-state index in [-0.39, 0.29) is 71.4 Å². The highest BCUT2D eigenvalue weighted by Crippen LogP contribution is 2.35. The summed E-state index contributed by atoms with van der Waals surface area (Å²) < 4.78 is 23.1. The first-order valence-electron chi connectivity index (χ1n) is 18.5. The third-order valence-electron chi connectivity index (χ3n) is 8.38. The number of azo groups is 1. The molecular formula is C42H33N3O11S5. The van der Waals surface area contributed by atoms with E-state index in [9.17, 15) is 29.3 Å². The number of allylic oxidation sites excluding steroid dienone is 1. The Morgan fingerprint density at radius 3 is 1.72 bits per heavy atom. The number of esters is 4. The van der Waals surface area contributed by atoms with Crippen LogP contribution >= 0.6 is 56.9 Å². The van der Waals surface area contributed by atoms with E-state index >= 15 is 0 Å². The Kier molecular flexibility index (Phi) is 15.7. The molecule has 1 aliphatic heterocycles. The Bertz CT molecular complexity index is 2590. The van der Waals surface area contributed by atoms with Gasteiger partial charge in [-0.05, 0) is 96.8 Å². The molecule has 0 saturated carbocycles. The quantitative estimate of drug-likeness (QED) is 0.0118. The highest BCUT2D eigenvalue weighted by atomic mass is 32.9. The molecule has 5 aromatic rings. The standard InChI is InChI=1S/C42H33N3O11S5/c1-2-3-5-38(46)55-34-20-27(11-17-32(34)41(48)54-30-15-9-26(10-16-30)37-23-40(58)61-60-37)43-44-28-12-18-33(35(21-28)56-39(47)6-4-19-52-45(50)51)42(49)53-29-13-7-25(8-14-29)36-22-31(57)24-59-36/h7-18,20-23H,2-6,19,24H2,1H3. The fourth-order valence-corrected chi connectivity index (χ4v) is 9.09. The van der Waals surface area contributed by atoms with Crippen LogP contribution in [0.2, 0.25) is 0 Å². The predicted molar refractivity (Wildman–Crippen MR) is 238 cm³/mol. The van der Waals surface area contributed by atoms with Gasteiger partial charge in [-0.1, -0.05) is 70.6 Å². The summed E-state index contributed by atoms with van der Waals surface area (Å²) in [5.41, 5.74) is 2.01. The van der Waals surface area contributed by atoms with Crippen LogP contribution < -0.4 is 18.9 Å². The number of hydrogen-bond donors (Lipinski definition) is 0. The van der Waals surface area contributed by atoms with Gasteiger partial charge in [-0.2, -0.15) is 10.2 Å². The predicted octanol–water partition coefficient (Wildman–Crippen LogP) is 11.5. The highest BCUT2D eigenvalue weighted by Gasteiger charge is 2.21. The molecule has 0 aliphatic carbocycles. The summed E-state index contributed by atoms with van der Waals surface area (Å²) in [7, 11) is 3.04. The Balaban J connectivity index is 1.21. The summed E-state index contributed by atoms with van der Waals surface area (Å²) in [5, 5.41) is 18.0. The summed E-state index contributed by atoms with van der Waals surface area (Å²) in [6, 6.07) is 24.0. The number of thioether (sulfide) groups is 1. The van der Waals surface area contributed by atoms with Gasteiger partial charge in [0.2, 0.25) is 0 Å². The summed E-state index contributed by atoms with van der Waals surface area (Å²) in [6.45, 7) is 1.59. The second-order valence-electron chi connectivity index (χ2n) is 12.9. The molecule has 1 aliphatic rings. The summed E-state index contributed by atoms with van der Waals surface area (Å²) >= 11 is 12.1. The first-order chi connectivity index (χ1) is 29.4. The zero-order chi connectivity index (χ0) is 43.3. The molecule has 0 N–H and O–H groups in total. The van der Waals surface area contributed by atoms with Crippen molar-refractivity contribution in [3.05, 3.63) is 128 Å². The summed E-state index contributed by atoms with van der Waals surface area (Å²) in [5.74, 6) is -2.05. The van der Waals surface area contributed by atoms with Gasteiger partial charge in [-0.15, -0.1) is 21.9 Å². The molecule has 6 rings (SSSR count). The lowest BCUT2D eigenvalue weighted by Crippen LogP contribution is -2.15. The molecule has 0 radical (unpaired) electrons. The van der Waals surface area contributed by atoms with Crippen LogP contribution in [0.25, 0.3) is 15.3 Å². The molecule has 4 aromatic carbocycles. The third kappa shape index (κ3) is 13.0. The molecule has 0 unspecified atom stereocenters. The number of carbonyl (C=O) groups excluding carboxylic acids is 4. The van der Waals surface area contributed by atoms with E-state index in [1.165, 1.54) is 46.7 Å². The SMILES string of the molecule is CCCCC(=O)Oc1cc(N=Nc2ccc(C(=O)Oc3ccc(C4=CC(=S)CS4)cc3)c(OC(=O)CCCO[N+](=O)[O-])c2)ccc1C(=O)Oc1ccc(-c2cc(=S)ss2)cc1. The Hall–Kier alpha value is -5.99. The van der Waals surface area contributed by atoms with E-state index < -0.39 is 29.0 Å². The Morgan fingerprint density at radius 2 is 1.25 bits per heavy atom. The van der Waals surface area contributed by atoms with Crippen molar-refractivity contribution in [3.8, 4) is 33.4 Å². The second kappa shape index (κ2) is 21.5. The van der Waals surface area contributed by atoms with Crippen molar-refractivity contribution < 1.29 is 48.0 Å². The lowest BCUT2D eigenvalue weighted by atomic mass is 10.1. The lowest BCUT2D eigenvalue weighted by Gasteiger charge is -2.12. The number of benzene rings is 4. The highest BCUT2D eigenvalue weighted by molar-refractivity contribution is 8.10. The number of carbonyl (C=O) groups is 4. The average molecular weight is 916 g/mol. The van der Waals surface area contributed by atoms with E-state index in [0.29, 0.717) is 6.42 Å². The van der Waals surface area contributed by atoms with Gasteiger partial charge in [0.1, 0.15) is 37.9 Å². The van der Waals surface area contributed by atoms with Gasteiger partial charge in [-0.25, -0.2) is 9.59 Å². The van der Waals surface area contributed by atoms with Crippen LogP contribution in [0.1, 0.15) is 65.3 Å². The van der Waals surface area contributed by atoms with Crippen LogP contribution in [0, 0.1) is 13.9 Å². The topological polar surface area (TPSA) is 182 Å². The van der Waals surface area contributed by atoms with Gasteiger partial charge in [-0.3, -0.25) is 9.59 Å². The average Bonchev–Trinajstić information content (AvgIpc) is 3.89. The van der Waals surface area contributed by atoms with Crippen molar-refractivity contribution in [1.82, 2.24) is 0 Å². The van der Waals surface area contributed by atoms with E-state index in [4.69, 9.17) is 43.4 Å². The zero-order valence-corrected chi connectivity index (χ0v) is 36.1. The third-order valence-corrected chi connectivity index (χ3v) is 12.9. The molecule has 312 valence electrons. The van der Waals surface area contributed by atoms with Crippen LogP contribution in [0.15, 0.2) is 107 Å². The van der Waals surface area contributed by atoms with Gasteiger partial charge in [0, 0.05) is 45.4 Å². The molecule has 14 nitrogen and oxygen atoms in total. The number of ether oxygens (including phenoxy) is 4. The molecule has 19 heteroatoms. The van der Waals surface area contributed by atoms with Crippen molar-refractivity contribution in [1.29, 1.82) is 0 Å². The summed E-state index contributed by atoms with van der Waals surface area (Å²) in [4.78, 5) is 70.0. The van der Waals surface area contributed by atoms with Crippen molar-refractivity contribution >= 4 is 102 Å². The van der Waals surface area contributed by atoms with Crippen molar-refractivity contribution in [2.75, 3.05) is 12.4 Å². The van der Waals surface area contributed by atoms with E-state index in [2.05, 4.69) is 15.1 Å². The maximum Gasteiger partial charge on any atom is 0.347 e. The van der Waals surface area contributed by atoms with Gasteiger partial charge in [0.05, 0.1) is 18.0 Å². The molecule has 1 aromatic heterocycles. The van der Waals surface area contributed by atoms with Crippen LogP contribution in [-0.4, -0.2) is 46.2 Å². The fourth-order valence-electron chi connectivity index (χ4n) is 5.41. The Labute approximate surface area is 370 Å². The minimum absolute atomic E-state index is 0.0293. The molecule has 0 atom stereocenters. The smallest absolute Gasteiger partial charge is 0.347 e.